The highest BCUT2D eigenvalue weighted by Gasteiger charge is 2.13. The van der Waals surface area contributed by atoms with Crippen molar-refractivity contribution in [1.82, 2.24) is 0 Å². The number of para-hydroxylation sites is 2. The Hall–Kier alpha value is -2.49. The summed E-state index contributed by atoms with van der Waals surface area (Å²) in [7, 11) is 0. The summed E-state index contributed by atoms with van der Waals surface area (Å²) in [5.41, 5.74) is 8.43. The molecule has 22 heavy (non-hydrogen) atoms. The predicted octanol–water partition coefficient (Wildman–Crippen LogP) is 3.86. The third-order valence-electron chi connectivity index (χ3n) is 3.31. The zero-order valence-electron chi connectivity index (χ0n) is 13.2. The fourth-order valence-corrected chi connectivity index (χ4v) is 2.07. The lowest BCUT2D eigenvalue weighted by Gasteiger charge is -2.14. The summed E-state index contributed by atoms with van der Waals surface area (Å²) in [5, 5.41) is 2.84. The van der Waals surface area contributed by atoms with Crippen molar-refractivity contribution in [3.63, 3.8) is 0 Å². The van der Waals surface area contributed by atoms with Crippen LogP contribution in [0.5, 0.6) is 5.75 Å². The lowest BCUT2D eigenvalue weighted by Crippen LogP contribution is -2.15. The van der Waals surface area contributed by atoms with Crippen molar-refractivity contribution < 1.29 is 9.53 Å². The molecule has 2 rings (SSSR count). The van der Waals surface area contributed by atoms with E-state index in [0.717, 1.165) is 11.3 Å². The molecule has 0 saturated carbocycles. The third-order valence-corrected chi connectivity index (χ3v) is 3.31. The molecule has 4 heteroatoms. The zero-order valence-corrected chi connectivity index (χ0v) is 13.2. The van der Waals surface area contributed by atoms with Gasteiger partial charge in [-0.1, -0.05) is 32.0 Å². The van der Waals surface area contributed by atoms with Crippen LogP contribution in [0.4, 0.5) is 11.4 Å². The van der Waals surface area contributed by atoms with Crippen molar-refractivity contribution in [2.45, 2.75) is 20.8 Å². The summed E-state index contributed by atoms with van der Waals surface area (Å²) >= 11 is 0. The van der Waals surface area contributed by atoms with E-state index in [2.05, 4.69) is 19.2 Å². The lowest BCUT2D eigenvalue weighted by molar-refractivity contribution is 0.102. The van der Waals surface area contributed by atoms with Crippen molar-refractivity contribution in [3.05, 3.63) is 53.6 Å². The molecule has 1 amide bonds. The van der Waals surface area contributed by atoms with Gasteiger partial charge in [0.2, 0.25) is 0 Å². The van der Waals surface area contributed by atoms with Crippen molar-refractivity contribution in [2.75, 3.05) is 17.7 Å². The SMILES string of the molecule is Cc1c(OCC(C)C)cccc1C(=O)Nc1ccccc1N. The Bertz CT molecular complexity index is 666. The largest absolute Gasteiger partial charge is 0.493 e. The molecule has 0 heterocycles. The van der Waals surface area contributed by atoms with Gasteiger partial charge in [-0.2, -0.15) is 0 Å². The number of anilines is 2. The summed E-state index contributed by atoms with van der Waals surface area (Å²) in [6.07, 6.45) is 0. The smallest absolute Gasteiger partial charge is 0.256 e. The van der Waals surface area contributed by atoms with Gasteiger partial charge >= 0.3 is 0 Å². The minimum absolute atomic E-state index is 0.189. The van der Waals surface area contributed by atoms with Crippen LogP contribution in [-0.2, 0) is 0 Å². The maximum absolute atomic E-state index is 12.5. The Morgan fingerprint density at radius 2 is 1.91 bits per heavy atom. The highest BCUT2D eigenvalue weighted by atomic mass is 16.5. The molecule has 0 aliphatic heterocycles. The highest BCUT2D eigenvalue weighted by molar-refractivity contribution is 6.07. The van der Waals surface area contributed by atoms with Crippen LogP contribution in [0.3, 0.4) is 0 Å². The van der Waals surface area contributed by atoms with Gasteiger partial charge in [0.15, 0.2) is 0 Å². The van der Waals surface area contributed by atoms with E-state index in [-0.39, 0.29) is 5.91 Å². The van der Waals surface area contributed by atoms with Crippen LogP contribution in [0.1, 0.15) is 29.8 Å². The minimum Gasteiger partial charge on any atom is -0.493 e. The molecule has 0 aliphatic rings. The number of carbonyl (C=O) groups excluding carboxylic acids is 1. The van der Waals surface area contributed by atoms with E-state index in [0.29, 0.717) is 29.5 Å². The average Bonchev–Trinajstić information content (AvgIpc) is 2.48. The van der Waals surface area contributed by atoms with Crippen LogP contribution in [-0.4, -0.2) is 12.5 Å². The predicted molar refractivity (Wildman–Crippen MR) is 90.3 cm³/mol. The van der Waals surface area contributed by atoms with Crippen molar-refractivity contribution in [3.8, 4) is 5.75 Å². The van der Waals surface area contributed by atoms with Crippen LogP contribution in [0.15, 0.2) is 42.5 Å². The van der Waals surface area contributed by atoms with Crippen LogP contribution >= 0.6 is 0 Å². The first-order chi connectivity index (χ1) is 10.5. The summed E-state index contributed by atoms with van der Waals surface area (Å²) in [6.45, 7) is 6.69. The Morgan fingerprint density at radius 1 is 1.18 bits per heavy atom. The van der Waals surface area contributed by atoms with Gasteiger partial charge in [0.1, 0.15) is 5.75 Å². The van der Waals surface area contributed by atoms with Crippen molar-refractivity contribution >= 4 is 17.3 Å². The van der Waals surface area contributed by atoms with Gasteiger partial charge in [0.05, 0.1) is 18.0 Å². The number of rotatable bonds is 5. The van der Waals surface area contributed by atoms with Gasteiger partial charge in [-0.15, -0.1) is 0 Å². The zero-order chi connectivity index (χ0) is 16.1. The summed E-state index contributed by atoms with van der Waals surface area (Å²) in [6, 6.07) is 12.7. The summed E-state index contributed by atoms with van der Waals surface area (Å²) < 4.78 is 5.76. The first-order valence-corrected chi connectivity index (χ1v) is 7.37. The van der Waals surface area contributed by atoms with E-state index < -0.39 is 0 Å². The van der Waals surface area contributed by atoms with Gasteiger partial charge in [-0.25, -0.2) is 0 Å². The van der Waals surface area contributed by atoms with E-state index in [9.17, 15) is 4.79 Å². The Balaban J connectivity index is 2.19. The van der Waals surface area contributed by atoms with Crippen molar-refractivity contribution in [1.29, 1.82) is 0 Å². The monoisotopic (exact) mass is 298 g/mol. The molecule has 0 fully saturated rings. The molecule has 116 valence electrons. The number of nitrogens with two attached hydrogens (primary N) is 1. The van der Waals surface area contributed by atoms with Gasteiger partial charge in [0.25, 0.3) is 5.91 Å². The number of nitrogens with one attached hydrogen (secondary N) is 1. The molecule has 0 aromatic heterocycles. The lowest BCUT2D eigenvalue weighted by atomic mass is 10.1. The number of nitrogen functional groups attached to an aromatic ring is 1. The van der Waals surface area contributed by atoms with E-state index in [1.807, 2.05) is 31.2 Å². The number of hydrogen-bond donors (Lipinski definition) is 2. The Morgan fingerprint density at radius 3 is 2.59 bits per heavy atom. The standard InChI is InChI=1S/C18H22N2O2/c1-12(2)11-22-17-10-6-7-14(13(17)3)18(21)20-16-9-5-4-8-15(16)19/h4-10,12H,11,19H2,1-3H3,(H,20,21). The molecule has 0 unspecified atom stereocenters. The minimum atomic E-state index is -0.189. The highest BCUT2D eigenvalue weighted by Crippen LogP contribution is 2.24. The third kappa shape index (κ3) is 3.79. The maximum Gasteiger partial charge on any atom is 0.256 e. The molecule has 0 radical (unpaired) electrons. The molecule has 0 atom stereocenters. The molecular weight excluding hydrogens is 276 g/mol. The quantitative estimate of drug-likeness (QED) is 0.824. The van der Waals surface area contributed by atoms with Gasteiger partial charge in [0, 0.05) is 11.1 Å². The van der Waals surface area contributed by atoms with Crippen LogP contribution in [0.25, 0.3) is 0 Å². The fourth-order valence-electron chi connectivity index (χ4n) is 2.07. The number of amides is 1. The van der Waals surface area contributed by atoms with Crippen LogP contribution in [0, 0.1) is 12.8 Å². The number of hydrogen-bond acceptors (Lipinski definition) is 3. The molecule has 0 spiro atoms. The Labute approximate surface area is 131 Å². The van der Waals surface area contributed by atoms with E-state index >= 15 is 0 Å². The van der Waals surface area contributed by atoms with E-state index in [1.54, 1.807) is 18.2 Å². The van der Waals surface area contributed by atoms with E-state index in [4.69, 9.17) is 10.5 Å². The van der Waals surface area contributed by atoms with Crippen LogP contribution in [0.2, 0.25) is 0 Å². The number of benzene rings is 2. The second kappa shape index (κ2) is 6.98. The van der Waals surface area contributed by atoms with Gasteiger partial charge in [-0.05, 0) is 37.1 Å². The maximum atomic E-state index is 12.5. The number of ether oxygens (including phenoxy) is 1. The molecule has 0 bridgehead atoms. The topological polar surface area (TPSA) is 64.3 Å². The first kappa shape index (κ1) is 15.9. The molecule has 2 aromatic carbocycles. The molecule has 3 N–H and O–H groups in total. The van der Waals surface area contributed by atoms with Gasteiger partial charge < -0.3 is 15.8 Å². The first-order valence-electron chi connectivity index (χ1n) is 7.37. The molecule has 0 aliphatic carbocycles. The van der Waals surface area contributed by atoms with Crippen LogP contribution < -0.4 is 15.8 Å². The van der Waals surface area contributed by atoms with Crippen molar-refractivity contribution in [2.24, 2.45) is 5.92 Å². The molecule has 4 nitrogen and oxygen atoms in total. The second-order valence-electron chi connectivity index (χ2n) is 5.67. The molecule has 0 saturated heterocycles. The number of carbonyl (C=O) groups is 1. The van der Waals surface area contributed by atoms with E-state index in [1.165, 1.54) is 0 Å². The average molecular weight is 298 g/mol. The summed E-state index contributed by atoms with van der Waals surface area (Å²) in [5.74, 6) is 0.980. The normalized spacial score (nSPS) is 10.5. The Kier molecular flexibility index (Phi) is 5.04. The second-order valence-corrected chi connectivity index (χ2v) is 5.67. The molecular formula is C18H22N2O2. The fraction of sp³-hybridized carbons (Fsp3) is 0.278. The van der Waals surface area contributed by atoms with Gasteiger partial charge in [-0.3, -0.25) is 4.79 Å². The molecule has 2 aromatic rings. The summed E-state index contributed by atoms with van der Waals surface area (Å²) in [4.78, 5) is 12.5.